The smallest absolute Gasteiger partial charge is 0.302 e. The Labute approximate surface area is 137 Å². The van der Waals surface area contributed by atoms with Gasteiger partial charge in [-0.15, -0.1) is 0 Å². The zero-order chi connectivity index (χ0) is 16.6. The van der Waals surface area contributed by atoms with Gasteiger partial charge in [-0.1, -0.05) is 19.1 Å². The van der Waals surface area contributed by atoms with E-state index < -0.39 is 10.2 Å². The van der Waals surface area contributed by atoms with Crippen LogP contribution in [0.5, 0.6) is 0 Å². The Kier molecular flexibility index (Phi) is 4.31. The molecule has 1 fully saturated rings. The van der Waals surface area contributed by atoms with Gasteiger partial charge < -0.3 is 4.90 Å². The number of nitrogens with zero attached hydrogens (tertiary/aromatic N) is 4. The Morgan fingerprint density at radius 1 is 1.17 bits per heavy atom. The first-order valence-electron chi connectivity index (χ1n) is 7.83. The maximum atomic E-state index is 12.6. The minimum Gasteiger partial charge on any atom is -0.304 e. The molecule has 7 nitrogen and oxygen atoms in total. The Bertz CT molecular complexity index is 807. The Hall–Kier alpha value is -1.64. The van der Waals surface area contributed by atoms with Crippen molar-refractivity contribution in [1.82, 2.24) is 19.0 Å². The SMILES string of the molecule is CCc1cccc2c(NS(=O)(=O)N3CCN(C)CC3)nn(C)c12. The number of aromatic nitrogens is 2. The van der Waals surface area contributed by atoms with Crippen LogP contribution in [0.1, 0.15) is 12.5 Å². The summed E-state index contributed by atoms with van der Waals surface area (Å²) in [7, 11) is 0.262. The fourth-order valence-electron chi connectivity index (χ4n) is 2.99. The van der Waals surface area contributed by atoms with Gasteiger partial charge in [-0.25, -0.2) is 0 Å². The van der Waals surface area contributed by atoms with E-state index in [-0.39, 0.29) is 0 Å². The van der Waals surface area contributed by atoms with Crippen LogP contribution < -0.4 is 4.72 Å². The second kappa shape index (κ2) is 6.10. The van der Waals surface area contributed by atoms with Crippen LogP contribution in [-0.2, 0) is 23.7 Å². The molecule has 1 N–H and O–H groups in total. The lowest BCUT2D eigenvalue weighted by Crippen LogP contribution is -2.48. The molecule has 0 aliphatic carbocycles. The van der Waals surface area contributed by atoms with E-state index in [1.807, 2.05) is 32.3 Å². The molecule has 126 valence electrons. The molecule has 1 aliphatic heterocycles. The quantitative estimate of drug-likeness (QED) is 0.905. The van der Waals surface area contributed by atoms with E-state index in [0.29, 0.717) is 18.9 Å². The van der Waals surface area contributed by atoms with Crippen molar-refractivity contribution < 1.29 is 8.42 Å². The van der Waals surface area contributed by atoms with E-state index in [1.54, 1.807) is 4.68 Å². The lowest BCUT2D eigenvalue weighted by atomic mass is 10.1. The molecule has 0 atom stereocenters. The zero-order valence-electron chi connectivity index (χ0n) is 13.8. The summed E-state index contributed by atoms with van der Waals surface area (Å²) >= 11 is 0. The standard InChI is InChI=1S/C15H23N5O2S/c1-4-12-6-5-7-13-14(12)19(3)16-15(13)17-23(21,22)20-10-8-18(2)9-11-20/h5-7H,4,8-11H2,1-3H3,(H,16,17). The van der Waals surface area contributed by atoms with Crippen molar-refractivity contribution in [1.29, 1.82) is 0 Å². The highest BCUT2D eigenvalue weighted by Crippen LogP contribution is 2.27. The van der Waals surface area contributed by atoms with Crippen LogP contribution >= 0.6 is 0 Å². The van der Waals surface area contributed by atoms with Crippen LogP contribution in [0.15, 0.2) is 18.2 Å². The topological polar surface area (TPSA) is 70.5 Å². The predicted molar refractivity (Wildman–Crippen MR) is 91.7 cm³/mol. The predicted octanol–water partition coefficient (Wildman–Crippen LogP) is 1.04. The molecule has 0 spiro atoms. The van der Waals surface area contributed by atoms with Gasteiger partial charge in [-0.05, 0) is 25.1 Å². The van der Waals surface area contributed by atoms with Gasteiger partial charge >= 0.3 is 10.2 Å². The number of hydrogen-bond donors (Lipinski definition) is 1. The average molecular weight is 337 g/mol. The third-order valence-corrected chi connectivity index (χ3v) is 5.85. The maximum Gasteiger partial charge on any atom is 0.302 e. The molecule has 0 amide bonds. The van der Waals surface area contributed by atoms with E-state index in [4.69, 9.17) is 0 Å². The van der Waals surface area contributed by atoms with E-state index >= 15 is 0 Å². The number of rotatable bonds is 4. The Morgan fingerprint density at radius 2 is 1.87 bits per heavy atom. The first-order valence-corrected chi connectivity index (χ1v) is 9.27. The molecule has 0 unspecified atom stereocenters. The number of fused-ring (bicyclic) bond motifs is 1. The highest BCUT2D eigenvalue weighted by Gasteiger charge is 2.27. The summed E-state index contributed by atoms with van der Waals surface area (Å²) in [5.41, 5.74) is 2.13. The Morgan fingerprint density at radius 3 is 2.52 bits per heavy atom. The second-order valence-electron chi connectivity index (χ2n) is 5.95. The van der Waals surface area contributed by atoms with E-state index in [9.17, 15) is 8.42 Å². The lowest BCUT2D eigenvalue weighted by Gasteiger charge is -2.31. The summed E-state index contributed by atoms with van der Waals surface area (Å²) in [6.45, 7) is 4.55. The van der Waals surface area contributed by atoms with Gasteiger partial charge in [0.25, 0.3) is 0 Å². The minimum absolute atomic E-state index is 0.400. The summed E-state index contributed by atoms with van der Waals surface area (Å²) < 4.78 is 31.1. The molecule has 0 saturated carbocycles. The second-order valence-corrected chi connectivity index (χ2v) is 7.62. The van der Waals surface area contributed by atoms with Gasteiger partial charge in [0.15, 0.2) is 5.82 Å². The maximum absolute atomic E-state index is 12.6. The van der Waals surface area contributed by atoms with Gasteiger partial charge in [0.1, 0.15) is 0 Å². The molecule has 2 heterocycles. The van der Waals surface area contributed by atoms with Crippen molar-refractivity contribution in [3.8, 4) is 0 Å². The fourth-order valence-corrected chi connectivity index (χ4v) is 4.16. The van der Waals surface area contributed by atoms with Gasteiger partial charge in [0.05, 0.1) is 5.52 Å². The van der Waals surface area contributed by atoms with Crippen LogP contribution in [0.3, 0.4) is 0 Å². The van der Waals surface area contributed by atoms with Crippen LogP contribution in [-0.4, -0.2) is 60.6 Å². The number of nitrogens with one attached hydrogen (secondary N) is 1. The number of anilines is 1. The zero-order valence-corrected chi connectivity index (χ0v) is 14.6. The van der Waals surface area contributed by atoms with Crippen LogP contribution in [0.2, 0.25) is 0 Å². The number of benzene rings is 1. The summed E-state index contributed by atoms with van der Waals surface area (Å²) in [5, 5.41) is 5.22. The van der Waals surface area contributed by atoms with Gasteiger partial charge in [0.2, 0.25) is 0 Å². The van der Waals surface area contributed by atoms with Crippen molar-refractivity contribution in [2.24, 2.45) is 7.05 Å². The van der Waals surface area contributed by atoms with Crippen LogP contribution in [0.4, 0.5) is 5.82 Å². The molecule has 2 aromatic rings. The summed E-state index contributed by atoms with van der Waals surface area (Å²) in [4.78, 5) is 2.12. The van der Waals surface area contributed by atoms with Gasteiger partial charge in [-0.2, -0.15) is 17.8 Å². The summed E-state index contributed by atoms with van der Waals surface area (Å²) in [6, 6.07) is 5.89. The highest BCUT2D eigenvalue weighted by atomic mass is 32.2. The monoisotopic (exact) mass is 337 g/mol. The normalized spacial score (nSPS) is 17.7. The minimum atomic E-state index is -3.58. The average Bonchev–Trinajstić information content (AvgIpc) is 2.83. The molecule has 1 aromatic carbocycles. The fraction of sp³-hybridized carbons (Fsp3) is 0.533. The van der Waals surface area contributed by atoms with Crippen LogP contribution in [0, 0.1) is 0 Å². The molecule has 8 heteroatoms. The Balaban J connectivity index is 1.92. The molecule has 23 heavy (non-hydrogen) atoms. The van der Waals surface area contributed by atoms with Crippen molar-refractivity contribution in [2.75, 3.05) is 37.9 Å². The molecule has 1 aromatic heterocycles. The molecule has 0 radical (unpaired) electrons. The molecule has 1 saturated heterocycles. The third-order valence-electron chi connectivity index (χ3n) is 4.36. The van der Waals surface area contributed by atoms with Crippen molar-refractivity contribution in [3.63, 3.8) is 0 Å². The number of hydrogen-bond acceptors (Lipinski definition) is 4. The van der Waals surface area contributed by atoms with Crippen molar-refractivity contribution in [2.45, 2.75) is 13.3 Å². The van der Waals surface area contributed by atoms with E-state index in [0.717, 1.165) is 36.0 Å². The number of para-hydroxylation sites is 1. The first-order chi connectivity index (χ1) is 10.9. The number of likely N-dealkylation sites (N-methyl/N-ethyl adjacent to an activating group) is 1. The molecule has 3 rings (SSSR count). The lowest BCUT2D eigenvalue weighted by molar-refractivity contribution is 0.223. The molecule has 1 aliphatic rings. The summed E-state index contributed by atoms with van der Waals surface area (Å²) in [5.74, 6) is 0.400. The van der Waals surface area contributed by atoms with Gasteiger partial charge in [-0.3, -0.25) is 9.40 Å². The first kappa shape index (κ1) is 16.2. The van der Waals surface area contributed by atoms with Gasteiger partial charge in [0, 0.05) is 38.6 Å². The third kappa shape index (κ3) is 3.06. The molecular weight excluding hydrogens is 314 g/mol. The summed E-state index contributed by atoms with van der Waals surface area (Å²) in [6.07, 6.45) is 0.877. The van der Waals surface area contributed by atoms with Crippen molar-refractivity contribution in [3.05, 3.63) is 23.8 Å². The number of aryl methyl sites for hydroxylation is 2. The van der Waals surface area contributed by atoms with E-state index in [2.05, 4.69) is 21.6 Å². The van der Waals surface area contributed by atoms with E-state index in [1.165, 1.54) is 4.31 Å². The molecular formula is C15H23N5O2S. The number of piperazine rings is 1. The largest absolute Gasteiger partial charge is 0.304 e. The molecule has 0 bridgehead atoms. The highest BCUT2D eigenvalue weighted by molar-refractivity contribution is 7.90. The van der Waals surface area contributed by atoms with Crippen molar-refractivity contribution >= 4 is 26.9 Å². The van der Waals surface area contributed by atoms with Crippen LogP contribution in [0.25, 0.3) is 10.9 Å².